The molecule has 2 N–H and O–H groups in total. The molecule has 1 atom stereocenters. The molecule has 0 spiro atoms. The number of aromatic nitrogens is 1. The molecule has 6 heteroatoms. The van der Waals surface area contributed by atoms with Gasteiger partial charge < -0.3 is 9.67 Å². The predicted octanol–water partition coefficient (Wildman–Crippen LogP) is 1.86. The zero-order chi connectivity index (χ0) is 14.8. The third-order valence-electron chi connectivity index (χ3n) is 4.10. The second kappa shape index (κ2) is 6.28. The lowest BCUT2D eigenvalue weighted by atomic mass is 9.81. The van der Waals surface area contributed by atoms with Crippen molar-refractivity contribution >= 4 is 10.0 Å². The fourth-order valence-electron chi connectivity index (χ4n) is 2.60. The van der Waals surface area contributed by atoms with Crippen LogP contribution in [-0.2, 0) is 23.2 Å². The van der Waals surface area contributed by atoms with Crippen LogP contribution < -0.4 is 4.72 Å². The SMILES string of the molecule is CCCn1cc(S(=O)(=O)NC(C)C2CCC2)cc1CO. The van der Waals surface area contributed by atoms with Crippen molar-refractivity contribution in [1.29, 1.82) is 0 Å². The lowest BCUT2D eigenvalue weighted by Crippen LogP contribution is -2.40. The second-order valence-corrected chi connectivity index (χ2v) is 7.33. The van der Waals surface area contributed by atoms with Gasteiger partial charge in [0.2, 0.25) is 10.0 Å². The van der Waals surface area contributed by atoms with Gasteiger partial charge in [0.25, 0.3) is 0 Å². The zero-order valence-electron chi connectivity index (χ0n) is 12.2. The highest BCUT2D eigenvalue weighted by Crippen LogP contribution is 2.30. The summed E-state index contributed by atoms with van der Waals surface area (Å²) in [5.74, 6) is 0.458. The molecule has 0 amide bonds. The van der Waals surface area contributed by atoms with Crippen molar-refractivity contribution < 1.29 is 13.5 Å². The van der Waals surface area contributed by atoms with Crippen LogP contribution in [0, 0.1) is 5.92 Å². The smallest absolute Gasteiger partial charge is 0.242 e. The van der Waals surface area contributed by atoms with E-state index in [2.05, 4.69) is 4.72 Å². The largest absolute Gasteiger partial charge is 0.390 e. The Bertz CT molecular complexity index is 547. The number of aliphatic hydroxyl groups excluding tert-OH is 1. The third kappa shape index (κ3) is 3.24. The summed E-state index contributed by atoms with van der Waals surface area (Å²) < 4.78 is 29.3. The van der Waals surface area contributed by atoms with Gasteiger partial charge in [0.1, 0.15) is 0 Å². The molecule has 1 saturated carbocycles. The predicted molar refractivity (Wildman–Crippen MR) is 77.8 cm³/mol. The molecule has 1 unspecified atom stereocenters. The monoisotopic (exact) mass is 300 g/mol. The van der Waals surface area contributed by atoms with E-state index in [0.29, 0.717) is 18.2 Å². The molecular formula is C14H24N2O3S. The Kier molecular flexibility index (Phi) is 4.88. The summed E-state index contributed by atoms with van der Waals surface area (Å²) in [6.45, 7) is 4.51. The highest BCUT2D eigenvalue weighted by Gasteiger charge is 2.28. The molecular weight excluding hydrogens is 276 g/mol. The van der Waals surface area contributed by atoms with E-state index < -0.39 is 10.0 Å². The number of sulfonamides is 1. The lowest BCUT2D eigenvalue weighted by Gasteiger charge is -2.31. The minimum absolute atomic E-state index is 0.0270. The van der Waals surface area contributed by atoms with E-state index in [-0.39, 0.29) is 17.5 Å². The Morgan fingerprint density at radius 2 is 2.20 bits per heavy atom. The maximum absolute atomic E-state index is 12.4. The minimum Gasteiger partial charge on any atom is -0.390 e. The molecule has 0 aromatic carbocycles. The lowest BCUT2D eigenvalue weighted by molar-refractivity contribution is 0.260. The molecule has 1 heterocycles. The highest BCUT2D eigenvalue weighted by molar-refractivity contribution is 7.89. The summed E-state index contributed by atoms with van der Waals surface area (Å²) >= 11 is 0. The van der Waals surface area contributed by atoms with Gasteiger partial charge in [0, 0.05) is 24.5 Å². The summed E-state index contributed by atoms with van der Waals surface area (Å²) in [7, 11) is -3.49. The Morgan fingerprint density at radius 1 is 1.50 bits per heavy atom. The summed E-state index contributed by atoms with van der Waals surface area (Å²) in [5.41, 5.74) is 0.642. The second-order valence-electron chi connectivity index (χ2n) is 5.62. The first kappa shape index (κ1) is 15.5. The fourth-order valence-corrected chi connectivity index (χ4v) is 3.98. The minimum atomic E-state index is -3.49. The molecule has 1 aromatic heterocycles. The van der Waals surface area contributed by atoms with Crippen LogP contribution in [0.25, 0.3) is 0 Å². The molecule has 2 rings (SSSR count). The Labute approximate surface area is 121 Å². The average molecular weight is 300 g/mol. The van der Waals surface area contributed by atoms with Crippen molar-refractivity contribution in [3.05, 3.63) is 18.0 Å². The van der Waals surface area contributed by atoms with Crippen molar-refractivity contribution in [2.24, 2.45) is 5.92 Å². The van der Waals surface area contributed by atoms with Crippen LogP contribution in [0.5, 0.6) is 0 Å². The number of aryl methyl sites for hydroxylation is 1. The van der Waals surface area contributed by atoms with Crippen LogP contribution in [0.3, 0.4) is 0 Å². The molecule has 0 saturated heterocycles. The van der Waals surface area contributed by atoms with E-state index in [1.54, 1.807) is 12.3 Å². The molecule has 20 heavy (non-hydrogen) atoms. The number of hydrogen-bond donors (Lipinski definition) is 2. The van der Waals surface area contributed by atoms with Gasteiger partial charge in [-0.2, -0.15) is 0 Å². The van der Waals surface area contributed by atoms with Crippen molar-refractivity contribution in [1.82, 2.24) is 9.29 Å². The topological polar surface area (TPSA) is 71.3 Å². The number of nitrogens with zero attached hydrogens (tertiary/aromatic N) is 1. The number of rotatable bonds is 7. The first-order valence-corrected chi connectivity index (χ1v) is 8.78. The first-order valence-electron chi connectivity index (χ1n) is 7.30. The molecule has 0 bridgehead atoms. The van der Waals surface area contributed by atoms with Crippen molar-refractivity contribution in [2.75, 3.05) is 0 Å². The maximum atomic E-state index is 12.4. The molecule has 0 radical (unpaired) electrons. The third-order valence-corrected chi connectivity index (χ3v) is 5.62. The standard InChI is InChI=1S/C14H24N2O3S/c1-3-7-16-9-14(8-13(16)10-17)20(18,19)15-11(2)12-5-4-6-12/h8-9,11-12,15,17H,3-7,10H2,1-2H3. The summed E-state index contributed by atoms with van der Waals surface area (Å²) in [5, 5.41) is 9.31. The van der Waals surface area contributed by atoms with Gasteiger partial charge in [0.15, 0.2) is 0 Å². The Hall–Kier alpha value is -0.850. The van der Waals surface area contributed by atoms with E-state index >= 15 is 0 Å². The highest BCUT2D eigenvalue weighted by atomic mass is 32.2. The molecule has 114 valence electrons. The maximum Gasteiger partial charge on any atom is 0.242 e. The van der Waals surface area contributed by atoms with E-state index in [9.17, 15) is 13.5 Å². The van der Waals surface area contributed by atoms with E-state index in [4.69, 9.17) is 0 Å². The Balaban J connectivity index is 2.15. The molecule has 1 aliphatic carbocycles. The van der Waals surface area contributed by atoms with Crippen molar-refractivity contribution in [3.8, 4) is 0 Å². The van der Waals surface area contributed by atoms with Crippen molar-refractivity contribution in [3.63, 3.8) is 0 Å². The van der Waals surface area contributed by atoms with Gasteiger partial charge in [0.05, 0.1) is 11.5 Å². The van der Waals surface area contributed by atoms with Gasteiger partial charge in [-0.3, -0.25) is 0 Å². The quantitative estimate of drug-likeness (QED) is 0.807. The van der Waals surface area contributed by atoms with Gasteiger partial charge in [-0.15, -0.1) is 0 Å². The number of hydrogen-bond acceptors (Lipinski definition) is 3. The van der Waals surface area contributed by atoms with Crippen molar-refractivity contribution in [2.45, 2.75) is 63.6 Å². The summed E-state index contributed by atoms with van der Waals surface area (Å²) in [4.78, 5) is 0.251. The van der Waals surface area contributed by atoms with E-state index in [0.717, 1.165) is 19.3 Å². The van der Waals surface area contributed by atoms with E-state index in [1.165, 1.54) is 6.42 Å². The number of aliphatic hydroxyl groups is 1. The van der Waals surface area contributed by atoms with Crippen LogP contribution >= 0.6 is 0 Å². The molecule has 5 nitrogen and oxygen atoms in total. The van der Waals surface area contributed by atoms with Gasteiger partial charge in [-0.05, 0) is 38.2 Å². The van der Waals surface area contributed by atoms with Crippen LogP contribution in [-0.4, -0.2) is 24.1 Å². The normalized spacial score (nSPS) is 17.9. The summed E-state index contributed by atoms with van der Waals surface area (Å²) in [6.07, 6.45) is 5.90. The molecule has 1 aliphatic rings. The van der Waals surface area contributed by atoms with Crippen LogP contribution in [0.15, 0.2) is 17.2 Å². The average Bonchev–Trinajstić information content (AvgIpc) is 2.70. The van der Waals surface area contributed by atoms with Crippen LogP contribution in [0.1, 0.15) is 45.2 Å². The number of nitrogens with one attached hydrogen (secondary N) is 1. The van der Waals surface area contributed by atoms with Crippen LogP contribution in [0.2, 0.25) is 0 Å². The van der Waals surface area contributed by atoms with E-state index in [1.807, 2.05) is 18.4 Å². The molecule has 0 aliphatic heterocycles. The van der Waals surface area contributed by atoms with Gasteiger partial charge in [-0.25, -0.2) is 13.1 Å². The fraction of sp³-hybridized carbons (Fsp3) is 0.714. The Morgan fingerprint density at radius 3 is 2.70 bits per heavy atom. The first-order chi connectivity index (χ1) is 9.47. The van der Waals surface area contributed by atoms with Gasteiger partial charge in [-0.1, -0.05) is 13.3 Å². The molecule has 1 aromatic rings. The summed E-state index contributed by atoms with van der Waals surface area (Å²) in [6, 6.07) is 1.53. The van der Waals surface area contributed by atoms with Gasteiger partial charge >= 0.3 is 0 Å². The molecule has 1 fully saturated rings. The zero-order valence-corrected chi connectivity index (χ0v) is 13.0. The van der Waals surface area contributed by atoms with Crippen LogP contribution in [0.4, 0.5) is 0 Å².